The van der Waals surface area contributed by atoms with Crippen LogP contribution in [0, 0.1) is 0 Å². The Morgan fingerprint density at radius 2 is 1.89 bits per heavy atom. The molecule has 0 saturated carbocycles. The molecular weight excluding hydrogens is 259 g/mol. The van der Waals surface area contributed by atoms with Gasteiger partial charge in [-0.05, 0) is 12.8 Å². The Kier molecular flexibility index (Phi) is 7.29. The average Bonchev–Trinajstić information content (AvgIpc) is 2.27. The summed E-state index contributed by atoms with van der Waals surface area (Å²) in [4.78, 5) is 19.0. The third kappa shape index (κ3) is 8.76. The monoisotopic (exact) mass is 273 g/mol. The highest BCUT2D eigenvalue weighted by Crippen LogP contribution is 2.13. The number of aliphatic carboxylic acids is 2. The number of nitrogens with one attached hydrogen (secondary N) is 1. The number of hydrogen-bond donors (Lipinski definition) is 3. The van der Waals surface area contributed by atoms with E-state index in [4.69, 9.17) is 19.7 Å². The number of halogens is 3. The van der Waals surface area contributed by atoms with Crippen LogP contribution in [0.3, 0.4) is 0 Å². The van der Waals surface area contributed by atoms with E-state index in [1.807, 2.05) is 0 Å². The molecule has 3 N–H and O–H groups in total. The molecule has 1 aliphatic rings. The van der Waals surface area contributed by atoms with Crippen LogP contribution < -0.4 is 5.32 Å². The summed E-state index contributed by atoms with van der Waals surface area (Å²) in [6, 6.07) is 0.236. The molecule has 1 fully saturated rings. The molecule has 0 radical (unpaired) electrons. The molecule has 1 atom stereocenters. The molecule has 0 spiro atoms. The first-order valence-corrected chi connectivity index (χ1v) is 5.06. The van der Waals surface area contributed by atoms with Gasteiger partial charge in [0.15, 0.2) is 0 Å². The zero-order chi connectivity index (χ0) is 14.2. The van der Waals surface area contributed by atoms with Gasteiger partial charge in [0.2, 0.25) is 0 Å². The molecule has 18 heavy (non-hydrogen) atoms. The van der Waals surface area contributed by atoms with Gasteiger partial charge in [0.1, 0.15) is 0 Å². The van der Waals surface area contributed by atoms with Crippen molar-refractivity contribution in [2.75, 3.05) is 19.8 Å². The standard InChI is InChI=1S/C7H13NO3.C2HF3O2/c9-7(10)4-8-6-2-1-3-11-5-6;3-2(4,5)1(6)7/h6,8H,1-5H2,(H,9,10);(H,6,7). The molecule has 1 heterocycles. The molecule has 0 amide bonds. The quantitative estimate of drug-likeness (QED) is 0.692. The molecule has 106 valence electrons. The number of carbonyl (C=O) groups is 2. The van der Waals surface area contributed by atoms with E-state index in [2.05, 4.69) is 5.32 Å². The second kappa shape index (κ2) is 7.88. The summed E-state index contributed by atoms with van der Waals surface area (Å²) in [7, 11) is 0. The fraction of sp³-hybridized carbons (Fsp3) is 0.778. The Labute approximate surface area is 101 Å². The molecule has 0 aromatic heterocycles. The highest BCUT2D eigenvalue weighted by atomic mass is 19.4. The molecule has 0 aliphatic carbocycles. The van der Waals surface area contributed by atoms with Crippen molar-refractivity contribution in [3.8, 4) is 0 Å². The first kappa shape index (κ1) is 16.6. The van der Waals surface area contributed by atoms with Crippen LogP contribution in [0.2, 0.25) is 0 Å². The highest BCUT2D eigenvalue weighted by Gasteiger charge is 2.38. The minimum Gasteiger partial charge on any atom is -0.480 e. The molecule has 0 aromatic carbocycles. The van der Waals surface area contributed by atoms with E-state index in [1.54, 1.807) is 0 Å². The van der Waals surface area contributed by atoms with Gasteiger partial charge in [-0.3, -0.25) is 4.79 Å². The summed E-state index contributed by atoms with van der Waals surface area (Å²) in [5, 5.41) is 18.4. The molecule has 1 saturated heterocycles. The van der Waals surface area contributed by atoms with E-state index in [9.17, 15) is 18.0 Å². The predicted octanol–water partition coefficient (Wildman–Crippen LogP) is 0.473. The molecule has 1 aliphatic heterocycles. The summed E-state index contributed by atoms with van der Waals surface area (Å²) in [6.07, 6.45) is -3.04. The Bertz CT molecular complexity index is 276. The highest BCUT2D eigenvalue weighted by molar-refractivity contribution is 5.73. The van der Waals surface area contributed by atoms with Gasteiger partial charge in [0, 0.05) is 12.6 Å². The fourth-order valence-electron chi connectivity index (χ4n) is 1.13. The number of ether oxygens (including phenoxy) is 1. The van der Waals surface area contributed by atoms with Crippen LogP contribution in [0.1, 0.15) is 12.8 Å². The van der Waals surface area contributed by atoms with Gasteiger partial charge in [0.05, 0.1) is 13.2 Å². The lowest BCUT2D eigenvalue weighted by Crippen LogP contribution is -2.39. The van der Waals surface area contributed by atoms with Gasteiger partial charge in [-0.25, -0.2) is 4.79 Å². The first-order chi connectivity index (χ1) is 8.23. The van der Waals surface area contributed by atoms with Gasteiger partial charge >= 0.3 is 18.1 Å². The smallest absolute Gasteiger partial charge is 0.480 e. The van der Waals surface area contributed by atoms with Crippen molar-refractivity contribution >= 4 is 11.9 Å². The van der Waals surface area contributed by atoms with E-state index >= 15 is 0 Å². The summed E-state index contributed by atoms with van der Waals surface area (Å²) in [5.74, 6) is -3.57. The number of carboxylic acid groups (broad SMARTS) is 2. The van der Waals surface area contributed by atoms with Crippen LogP contribution >= 0.6 is 0 Å². The van der Waals surface area contributed by atoms with Gasteiger partial charge < -0.3 is 20.3 Å². The van der Waals surface area contributed by atoms with E-state index in [0.29, 0.717) is 6.61 Å². The summed E-state index contributed by atoms with van der Waals surface area (Å²) in [6.45, 7) is 1.49. The van der Waals surface area contributed by atoms with Crippen LogP contribution in [0.15, 0.2) is 0 Å². The first-order valence-electron chi connectivity index (χ1n) is 5.06. The van der Waals surface area contributed by atoms with Crippen LogP contribution in [0.5, 0.6) is 0 Å². The van der Waals surface area contributed by atoms with E-state index in [-0.39, 0.29) is 12.6 Å². The topological polar surface area (TPSA) is 95.9 Å². The maximum atomic E-state index is 10.6. The summed E-state index contributed by atoms with van der Waals surface area (Å²) < 4.78 is 36.9. The van der Waals surface area contributed by atoms with Crippen molar-refractivity contribution in [1.82, 2.24) is 5.32 Å². The maximum Gasteiger partial charge on any atom is 0.490 e. The lowest BCUT2D eigenvalue weighted by Gasteiger charge is -2.22. The normalized spacial score (nSPS) is 19.6. The van der Waals surface area contributed by atoms with Crippen molar-refractivity contribution in [2.24, 2.45) is 0 Å². The van der Waals surface area contributed by atoms with Crippen molar-refractivity contribution in [2.45, 2.75) is 25.1 Å². The van der Waals surface area contributed by atoms with Crippen molar-refractivity contribution < 1.29 is 37.7 Å². The van der Waals surface area contributed by atoms with Gasteiger partial charge in [-0.15, -0.1) is 0 Å². The summed E-state index contributed by atoms with van der Waals surface area (Å²) in [5.41, 5.74) is 0. The Balaban J connectivity index is 0.000000360. The number of rotatable bonds is 3. The third-order valence-electron chi connectivity index (χ3n) is 1.94. The Hall–Kier alpha value is -1.35. The van der Waals surface area contributed by atoms with E-state index < -0.39 is 18.1 Å². The van der Waals surface area contributed by atoms with Crippen molar-refractivity contribution in [3.05, 3.63) is 0 Å². The second-order valence-corrected chi connectivity index (χ2v) is 3.49. The lowest BCUT2D eigenvalue weighted by atomic mass is 10.1. The van der Waals surface area contributed by atoms with Crippen LogP contribution in [0.25, 0.3) is 0 Å². The molecule has 6 nitrogen and oxygen atoms in total. The molecule has 0 aromatic rings. The van der Waals surface area contributed by atoms with Crippen LogP contribution in [-0.2, 0) is 14.3 Å². The fourth-order valence-corrected chi connectivity index (χ4v) is 1.13. The molecular formula is C9H14F3NO5. The lowest BCUT2D eigenvalue weighted by molar-refractivity contribution is -0.192. The van der Waals surface area contributed by atoms with E-state index in [1.165, 1.54) is 0 Å². The van der Waals surface area contributed by atoms with Crippen molar-refractivity contribution in [3.63, 3.8) is 0 Å². The number of hydrogen-bond acceptors (Lipinski definition) is 4. The van der Waals surface area contributed by atoms with Gasteiger partial charge in [-0.2, -0.15) is 13.2 Å². The summed E-state index contributed by atoms with van der Waals surface area (Å²) >= 11 is 0. The average molecular weight is 273 g/mol. The van der Waals surface area contributed by atoms with Gasteiger partial charge in [-0.1, -0.05) is 0 Å². The molecule has 0 bridgehead atoms. The predicted molar refractivity (Wildman–Crippen MR) is 53.2 cm³/mol. The van der Waals surface area contributed by atoms with Crippen molar-refractivity contribution in [1.29, 1.82) is 0 Å². The van der Waals surface area contributed by atoms with Gasteiger partial charge in [0.25, 0.3) is 0 Å². The Morgan fingerprint density at radius 3 is 2.22 bits per heavy atom. The second-order valence-electron chi connectivity index (χ2n) is 3.49. The molecule has 9 heteroatoms. The number of alkyl halides is 3. The SMILES string of the molecule is O=C(O)C(F)(F)F.O=C(O)CNC1CCCOC1. The Morgan fingerprint density at radius 1 is 1.33 bits per heavy atom. The largest absolute Gasteiger partial charge is 0.490 e. The minimum absolute atomic E-state index is 0.0357. The van der Waals surface area contributed by atoms with E-state index in [0.717, 1.165) is 19.4 Å². The minimum atomic E-state index is -5.08. The number of carboxylic acids is 2. The third-order valence-corrected chi connectivity index (χ3v) is 1.94. The zero-order valence-electron chi connectivity index (χ0n) is 9.37. The molecule has 1 unspecified atom stereocenters. The van der Waals surface area contributed by atoms with Crippen LogP contribution in [-0.4, -0.2) is 54.1 Å². The zero-order valence-corrected chi connectivity index (χ0v) is 9.37. The maximum absolute atomic E-state index is 10.6. The molecule has 1 rings (SSSR count). The van der Waals surface area contributed by atoms with Crippen LogP contribution in [0.4, 0.5) is 13.2 Å².